The Kier molecular flexibility index (Phi) is 16.1. The van der Waals surface area contributed by atoms with Gasteiger partial charge in [0.05, 0.1) is 0 Å². The normalized spacial score (nSPS) is 17.5. The summed E-state index contributed by atoms with van der Waals surface area (Å²) in [4.78, 5) is 5.17. The average Bonchev–Trinajstić information content (AvgIpc) is 2.75. The standard InChI is InChI=1S/C25H52N2O3/c1-6-11-12-13-14-15-17-24(25(28-8-3,29-9-4)30-10-5)18-16-19-27-22-20-26(7-2)21-23-27/h24H,6-23H2,1-5H3. The molecule has 180 valence electrons. The maximum atomic E-state index is 6.17. The van der Waals surface area contributed by atoms with Crippen molar-refractivity contribution in [3.8, 4) is 0 Å². The largest absolute Gasteiger partial charge is 0.328 e. The van der Waals surface area contributed by atoms with Crippen LogP contribution in [0, 0.1) is 5.92 Å². The molecule has 0 spiro atoms. The SMILES string of the molecule is CCCCCCCCC(CCCN1CCN(CC)CC1)C(OCC)(OCC)OCC. The molecular weight excluding hydrogens is 376 g/mol. The van der Waals surface area contributed by atoms with Crippen molar-refractivity contribution in [2.24, 2.45) is 5.92 Å². The molecular formula is C25H52N2O3. The van der Waals surface area contributed by atoms with Crippen LogP contribution < -0.4 is 0 Å². The van der Waals surface area contributed by atoms with Crippen LogP contribution in [0.1, 0.15) is 92.4 Å². The number of nitrogens with zero attached hydrogens (tertiary/aromatic N) is 2. The minimum absolute atomic E-state index is 0.292. The molecule has 1 heterocycles. The topological polar surface area (TPSA) is 34.2 Å². The summed E-state index contributed by atoms with van der Waals surface area (Å²) in [6, 6.07) is 0. The van der Waals surface area contributed by atoms with Gasteiger partial charge in [0.25, 0.3) is 5.97 Å². The number of piperazine rings is 1. The molecule has 1 aliphatic heterocycles. The molecule has 5 heteroatoms. The molecule has 0 aromatic carbocycles. The molecule has 1 aliphatic rings. The first-order valence-corrected chi connectivity index (χ1v) is 13.0. The summed E-state index contributed by atoms with van der Waals surface area (Å²) >= 11 is 0. The van der Waals surface area contributed by atoms with Gasteiger partial charge < -0.3 is 24.0 Å². The van der Waals surface area contributed by atoms with Crippen molar-refractivity contribution in [2.75, 3.05) is 59.1 Å². The zero-order chi connectivity index (χ0) is 22.1. The van der Waals surface area contributed by atoms with Gasteiger partial charge in [0.15, 0.2) is 0 Å². The predicted octanol–water partition coefficient (Wildman–Crippen LogP) is 5.53. The van der Waals surface area contributed by atoms with E-state index < -0.39 is 5.97 Å². The number of hydrogen-bond donors (Lipinski definition) is 0. The second-order valence-electron chi connectivity index (χ2n) is 8.57. The van der Waals surface area contributed by atoms with E-state index in [2.05, 4.69) is 23.6 Å². The van der Waals surface area contributed by atoms with Crippen LogP contribution in [-0.2, 0) is 14.2 Å². The Morgan fingerprint density at radius 1 is 0.633 bits per heavy atom. The molecule has 0 saturated carbocycles. The lowest BCUT2D eigenvalue weighted by atomic mass is 9.92. The van der Waals surface area contributed by atoms with Gasteiger partial charge in [-0.15, -0.1) is 0 Å². The Labute approximate surface area is 187 Å². The van der Waals surface area contributed by atoms with E-state index in [1.807, 2.05) is 20.8 Å². The smallest absolute Gasteiger partial charge is 0.285 e. The van der Waals surface area contributed by atoms with Crippen molar-refractivity contribution in [3.05, 3.63) is 0 Å². The predicted molar refractivity (Wildman–Crippen MR) is 127 cm³/mol. The van der Waals surface area contributed by atoms with Gasteiger partial charge >= 0.3 is 0 Å². The van der Waals surface area contributed by atoms with Gasteiger partial charge in [0.1, 0.15) is 0 Å². The average molecular weight is 429 g/mol. The minimum Gasteiger partial charge on any atom is -0.328 e. The van der Waals surface area contributed by atoms with Crippen molar-refractivity contribution < 1.29 is 14.2 Å². The van der Waals surface area contributed by atoms with Crippen LogP contribution in [0.25, 0.3) is 0 Å². The third kappa shape index (κ3) is 10.4. The summed E-state index contributed by atoms with van der Waals surface area (Å²) in [6.45, 7) is 19.7. The van der Waals surface area contributed by atoms with Gasteiger partial charge in [-0.2, -0.15) is 0 Å². The maximum absolute atomic E-state index is 6.17. The van der Waals surface area contributed by atoms with Crippen molar-refractivity contribution in [2.45, 2.75) is 98.4 Å². The molecule has 0 N–H and O–H groups in total. The van der Waals surface area contributed by atoms with Crippen molar-refractivity contribution in [3.63, 3.8) is 0 Å². The van der Waals surface area contributed by atoms with Crippen LogP contribution in [0.4, 0.5) is 0 Å². The number of unbranched alkanes of at least 4 members (excludes halogenated alkanes) is 5. The zero-order valence-corrected chi connectivity index (χ0v) is 20.9. The van der Waals surface area contributed by atoms with E-state index in [0.717, 1.165) is 12.8 Å². The van der Waals surface area contributed by atoms with Gasteiger partial charge in [0, 0.05) is 51.9 Å². The fourth-order valence-corrected chi connectivity index (χ4v) is 4.64. The van der Waals surface area contributed by atoms with Gasteiger partial charge in [-0.3, -0.25) is 0 Å². The highest BCUT2D eigenvalue weighted by Crippen LogP contribution is 2.34. The Morgan fingerprint density at radius 2 is 1.13 bits per heavy atom. The molecule has 1 atom stereocenters. The Balaban J connectivity index is 2.62. The van der Waals surface area contributed by atoms with Gasteiger partial charge in [-0.1, -0.05) is 52.4 Å². The fourth-order valence-electron chi connectivity index (χ4n) is 4.64. The molecule has 5 nitrogen and oxygen atoms in total. The number of likely N-dealkylation sites (N-methyl/N-ethyl adjacent to an activating group) is 1. The van der Waals surface area contributed by atoms with E-state index in [4.69, 9.17) is 14.2 Å². The van der Waals surface area contributed by atoms with Crippen LogP contribution in [0.15, 0.2) is 0 Å². The third-order valence-corrected chi connectivity index (χ3v) is 6.38. The van der Waals surface area contributed by atoms with Crippen molar-refractivity contribution >= 4 is 0 Å². The molecule has 1 fully saturated rings. The van der Waals surface area contributed by atoms with E-state index in [0.29, 0.717) is 25.7 Å². The second kappa shape index (κ2) is 17.4. The number of ether oxygens (including phenoxy) is 3. The van der Waals surface area contributed by atoms with Gasteiger partial charge in [-0.25, -0.2) is 0 Å². The summed E-state index contributed by atoms with van der Waals surface area (Å²) < 4.78 is 18.5. The second-order valence-corrected chi connectivity index (χ2v) is 8.57. The minimum atomic E-state index is -0.872. The molecule has 1 rings (SSSR count). The lowest BCUT2D eigenvalue weighted by Gasteiger charge is -2.40. The Hall–Kier alpha value is -0.200. The van der Waals surface area contributed by atoms with Crippen LogP contribution in [0.5, 0.6) is 0 Å². The molecule has 30 heavy (non-hydrogen) atoms. The monoisotopic (exact) mass is 428 g/mol. The highest BCUT2D eigenvalue weighted by molar-refractivity contribution is 4.75. The van der Waals surface area contributed by atoms with E-state index in [1.54, 1.807) is 0 Å². The molecule has 1 saturated heterocycles. The summed E-state index contributed by atoms with van der Waals surface area (Å²) in [7, 11) is 0. The first-order chi connectivity index (χ1) is 14.7. The third-order valence-electron chi connectivity index (χ3n) is 6.38. The zero-order valence-electron chi connectivity index (χ0n) is 20.9. The number of rotatable bonds is 19. The van der Waals surface area contributed by atoms with Crippen LogP contribution in [0.2, 0.25) is 0 Å². The summed E-state index contributed by atoms with van der Waals surface area (Å²) in [6.07, 6.45) is 11.3. The summed E-state index contributed by atoms with van der Waals surface area (Å²) in [5.41, 5.74) is 0. The molecule has 1 unspecified atom stereocenters. The first-order valence-electron chi connectivity index (χ1n) is 13.0. The van der Waals surface area contributed by atoms with Crippen LogP contribution >= 0.6 is 0 Å². The summed E-state index contributed by atoms with van der Waals surface area (Å²) in [5, 5.41) is 0. The molecule has 0 aliphatic carbocycles. The quantitative estimate of drug-likeness (QED) is 0.199. The van der Waals surface area contributed by atoms with Crippen LogP contribution in [-0.4, -0.2) is 74.9 Å². The van der Waals surface area contributed by atoms with Gasteiger partial charge in [0.2, 0.25) is 0 Å². The number of hydrogen-bond acceptors (Lipinski definition) is 5. The van der Waals surface area contributed by atoms with E-state index in [-0.39, 0.29) is 0 Å². The summed E-state index contributed by atoms with van der Waals surface area (Å²) in [5.74, 6) is -0.580. The maximum Gasteiger partial charge on any atom is 0.285 e. The van der Waals surface area contributed by atoms with Crippen molar-refractivity contribution in [1.29, 1.82) is 0 Å². The lowest BCUT2D eigenvalue weighted by Crippen LogP contribution is -2.48. The highest BCUT2D eigenvalue weighted by atomic mass is 16.9. The van der Waals surface area contributed by atoms with Crippen LogP contribution in [0.3, 0.4) is 0 Å². The molecule has 0 aromatic rings. The van der Waals surface area contributed by atoms with Gasteiger partial charge in [-0.05, 0) is 53.1 Å². The molecule has 0 bridgehead atoms. The lowest BCUT2D eigenvalue weighted by molar-refractivity contribution is -0.403. The van der Waals surface area contributed by atoms with E-state index in [9.17, 15) is 0 Å². The Morgan fingerprint density at radius 3 is 1.67 bits per heavy atom. The molecule has 0 aromatic heterocycles. The van der Waals surface area contributed by atoms with E-state index in [1.165, 1.54) is 84.2 Å². The Bertz CT molecular complexity index is 370. The highest BCUT2D eigenvalue weighted by Gasteiger charge is 2.41. The van der Waals surface area contributed by atoms with Crippen molar-refractivity contribution in [1.82, 2.24) is 9.80 Å². The fraction of sp³-hybridized carbons (Fsp3) is 1.00. The molecule has 0 radical (unpaired) electrons. The first kappa shape index (κ1) is 27.8. The van der Waals surface area contributed by atoms with E-state index >= 15 is 0 Å². The molecule has 0 amide bonds.